The third-order valence-corrected chi connectivity index (χ3v) is 2.25. The van der Waals surface area contributed by atoms with Gasteiger partial charge >= 0.3 is 5.97 Å². The number of halogens is 2. The monoisotopic (exact) mass is 214 g/mol. The molecule has 0 fully saturated rings. The Hall–Kier alpha value is -1.35. The van der Waals surface area contributed by atoms with Crippen molar-refractivity contribution in [3.63, 3.8) is 0 Å². The lowest BCUT2D eigenvalue weighted by molar-refractivity contribution is -0.132. The van der Waals surface area contributed by atoms with Crippen molar-refractivity contribution in [1.82, 2.24) is 0 Å². The first-order valence-electron chi connectivity index (χ1n) is 3.88. The van der Waals surface area contributed by atoms with E-state index in [0.29, 0.717) is 0 Å². The van der Waals surface area contributed by atoms with Gasteiger partial charge in [0.25, 0.3) is 0 Å². The van der Waals surface area contributed by atoms with Crippen LogP contribution >= 0.6 is 11.6 Å². The summed E-state index contributed by atoms with van der Waals surface area (Å²) in [6, 6.07) is 5.77. The Morgan fingerprint density at radius 3 is 2.50 bits per heavy atom. The molecular weight excluding hydrogens is 207 g/mol. The molecule has 0 atom stereocenters. The topological polar surface area (TPSA) is 37.3 Å². The highest BCUT2D eigenvalue weighted by atomic mass is 35.5. The summed E-state index contributed by atoms with van der Waals surface area (Å²) < 4.78 is 13.2. The SMILES string of the molecule is C/C(C(=O)O)=C(/Cl)c1ccccc1F. The van der Waals surface area contributed by atoms with E-state index in [1.54, 1.807) is 6.07 Å². The number of aliphatic carboxylic acids is 1. The normalized spacial score (nSPS) is 12.2. The molecule has 0 aromatic heterocycles. The van der Waals surface area contributed by atoms with Crippen LogP contribution in [-0.4, -0.2) is 11.1 Å². The molecule has 0 saturated heterocycles. The van der Waals surface area contributed by atoms with Crippen molar-refractivity contribution in [3.05, 3.63) is 41.2 Å². The van der Waals surface area contributed by atoms with E-state index >= 15 is 0 Å². The smallest absolute Gasteiger partial charge is 0.332 e. The molecule has 1 aromatic carbocycles. The quantitative estimate of drug-likeness (QED) is 0.769. The number of carboxylic acid groups (broad SMARTS) is 1. The van der Waals surface area contributed by atoms with Crippen LogP contribution in [-0.2, 0) is 4.79 Å². The minimum absolute atomic E-state index is 0.0724. The summed E-state index contributed by atoms with van der Waals surface area (Å²) in [6.45, 7) is 1.33. The first-order chi connectivity index (χ1) is 6.54. The largest absolute Gasteiger partial charge is 0.478 e. The van der Waals surface area contributed by atoms with E-state index in [9.17, 15) is 9.18 Å². The van der Waals surface area contributed by atoms with Gasteiger partial charge in [-0.15, -0.1) is 0 Å². The number of benzene rings is 1. The summed E-state index contributed by atoms with van der Waals surface area (Å²) in [4.78, 5) is 10.6. The summed E-state index contributed by atoms with van der Waals surface area (Å²) in [5.74, 6) is -1.68. The maximum absolute atomic E-state index is 13.2. The highest BCUT2D eigenvalue weighted by Gasteiger charge is 2.12. The van der Waals surface area contributed by atoms with Crippen LogP contribution in [0.25, 0.3) is 5.03 Å². The fourth-order valence-corrected chi connectivity index (χ4v) is 1.17. The summed E-state index contributed by atoms with van der Waals surface area (Å²) in [5, 5.41) is 8.57. The molecule has 1 aromatic rings. The second-order valence-electron chi connectivity index (χ2n) is 2.72. The van der Waals surface area contributed by atoms with Gasteiger partial charge in [-0.3, -0.25) is 0 Å². The molecule has 0 amide bonds. The van der Waals surface area contributed by atoms with Crippen molar-refractivity contribution in [1.29, 1.82) is 0 Å². The zero-order valence-corrected chi connectivity index (χ0v) is 8.18. The molecule has 0 aliphatic heterocycles. The van der Waals surface area contributed by atoms with E-state index in [1.165, 1.54) is 25.1 Å². The van der Waals surface area contributed by atoms with Gasteiger partial charge in [-0.2, -0.15) is 0 Å². The van der Waals surface area contributed by atoms with Gasteiger partial charge < -0.3 is 5.11 Å². The highest BCUT2D eigenvalue weighted by molar-refractivity contribution is 6.50. The molecule has 0 aliphatic carbocycles. The lowest BCUT2D eigenvalue weighted by atomic mass is 10.1. The van der Waals surface area contributed by atoms with Gasteiger partial charge in [0.05, 0.1) is 10.6 Å². The highest BCUT2D eigenvalue weighted by Crippen LogP contribution is 2.25. The Balaban J connectivity index is 3.25. The number of hydrogen-bond donors (Lipinski definition) is 1. The number of carboxylic acids is 1. The predicted octanol–water partition coefficient (Wildman–Crippen LogP) is 2.88. The van der Waals surface area contributed by atoms with Gasteiger partial charge in [0, 0.05) is 5.56 Å². The first kappa shape index (κ1) is 10.7. The molecular formula is C10H8ClFO2. The summed E-state index contributed by atoms with van der Waals surface area (Å²) >= 11 is 5.72. The van der Waals surface area contributed by atoms with Gasteiger partial charge in [0.2, 0.25) is 0 Å². The van der Waals surface area contributed by atoms with Gasteiger partial charge in [0.1, 0.15) is 5.82 Å². The van der Waals surface area contributed by atoms with E-state index in [-0.39, 0.29) is 16.2 Å². The van der Waals surface area contributed by atoms with E-state index in [0.717, 1.165) is 0 Å². The molecule has 0 radical (unpaired) electrons. The number of hydrogen-bond acceptors (Lipinski definition) is 1. The molecule has 1 N–H and O–H groups in total. The van der Waals surface area contributed by atoms with Crippen molar-refractivity contribution < 1.29 is 14.3 Å². The van der Waals surface area contributed by atoms with Gasteiger partial charge in [0.15, 0.2) is 0 Å². The fourth-order valence-electron chi connectivity index (χ4n) is 0.935. The lowest BCUT2D eigenvalue weighted by Crippen LogP contribution is -1.99. The molecule has 74 valence electrons. The fraction of sp³-hybridized carbons (Fsp3) is 0.100. The van der Waals surface area contributed by atoms with Gasteiger partial charge in [-0.05, 0) is 13.0 Å². The average molecular weight is 215 g/mol. The summed E-state index contributed by atoms with van der Waals surface area (Å²) in [6.07, 6.45) is 0. The Kier molecular flexibility index (Phi) is 3.25. The second kappa shape index (κ2) is 4.24. The molecule has 0 saturated carbocycles. The third-order valence-electron chi connectivity index (χ3n) is 1.76. The average Bonchev–Trinajstić information content (AvgIpc) is 2.16. The second-order valence-corrected chi connectivity index (χ2v) is 3.10. The minimum Gasteiger partial charge on any atom is -0.478 e. The maximum Gasteiger partial charge on any atom is 0.332 e. The van der Waals surface area contributed by atoms with Crippen LogP contribution in [0.5, 0.6) is 0 Å². The summed E-state index contributed by atoms with van der Waals surface area (Å²) in [5.41, 5.74) is 0.0332. The first-order valence-corrected chi connectivity index (χ1v) is 4.26. The standard InChI is InChI=1S/C10H8ClFO2/c1-6(10(13)14)9(11)7-4-2-3-5-8(7)12/h2-5H,1H3,(H,13,14)/b9-6-. The van der Waals surface area contributed by atoms with Crippen molar-refractivity contribution in [2.45, 2.75) is 6.92 Å². The molecule has 14 heavy (non-hydrogen) atoms. The van der Waals surface area contributed by atoms with Crippen LogP contribution in [0.3, 0.4) is 0 Å². The van der Waals surface area contributed by atoms with Crippen molar-refractivity contribution >= 4 is 22.6 Å². The van der Waals surface area contributed by atoms with Crippen LogP contribution in [0.15, 0.2) is 29.8 Å². The Morgan fingerprint density at radius 1 is 1.43 bits per heavy atom. The number of rotatable bonds is 2. The third kappa shape index (κ3) is 2.12. The van der Waals surface area contributed by atoms with E-state index in [4.69, 9.17) is 16.7 Å². The van der Waals surface area contributed by atoms with Crippen LogP contribution < -0.4 is 0 Å². The zero-order valence-electron chi connectivity index (χ0n) is 7.42. The summed E-state index contributed by atoms with van der Waals surface area (Å²) in [7, 11) is 0. The molecule has 0 spiro atoms. The predicted molar refractivity (Wildman–Crippen MR) is 52.5 cm³/mol. The zero-order chi connectivity index (χ0) is 10.7. The lowest BCUT2D eigenvalue weighted by Gasteiger charge is -2.02. The molecule has 0 bridgehead atoms. The molecule has 1 rings (SSSR count). The van der Waals surface area contributed by atoms with Crippen molar-refractivity contribution in [2.24, 2.45) is 0 Å². The van der Waals surface area contributed by atoms with Gasteiger partial charge in [-0.25, -0.2) is 9.18 Å². The Labute approximate surface area is 85.6 Å². The molecule has 2 nitrogen and oxygen atoms in total. The van der Waals surface area contributed by atoms with Crippen LogP contribution in [0.1, 0.15) is 12.5 Å². The van der Waals surface area contributed by atoms with Gasteiger partial charge in [-0.1, -0.05) is 29.8 Å². The van der Waals surface area contributed by atoms with E-state index in [1.807, 2.05) is 0 Å². The molecule has 0 aliphatic rings. The minimum atomic E-state index is -1.15. The maximum atomic E-state index is 13.2. The van der Waals surface area contributed by atoms with Crippen LogP contribution in [0.4, 0.5) is 4.39 Å². The van der Waals surface area contributed by atoms with Crippen LogP contribution in [0, 0.1) is 5.82 Å². The van der Waals surface area contributed by atoms with E-state index in [2.05, 4.69) is 0 Å². The van der Waals surface area contributed by atoms with Crippen LogP contribution in [0.2, 0.25) is 0 Å². The molecule has 0 heterocycles. The van der Waals surface area contributed by atoms with E-state index < -0.39 is 11.8 Å². The van der Waals surface area contributed by atoms with Crippen molar-refractivity contribution in [3.8, 4) is 0 Å². The Morgan fingerprint density at radius 2 is 2.00 bits per heavy atom. The molecule has 4 heteroatoms. The van der Waals surface area contributed by atoms with Crippen molar-refractivity contribution in [2.75, 3.05) is 0 Å². The Bertz CT molecular complexity index is 399. The number of carbonyl (C=O) groups is 1. The molecule has 0 unspecified atom stereocenters.